The summed E-state index contributed by atoms with van der Waals surface area (Å²) in [7, 11) is -3.60. The minimum atomic E-state index is -3.60. The number of thioether (sulfide) groups is 1. The largest absolute Gasteiger partial charge is 0.411 e. The van der Waals surface area contributed by atoms with Crippen LogP contribution in [-0.4, -0.2) is 53.7 Å². The molecule has 34 heavy (non-hydrogen) atoms. The number of amides is 1. The number of carbonyl (C=O) groups excluding carboxylic acids is 1. The van der Waals surface area contributed by atoms with Crippen molar-refractivity contribution in [3.05, 3.63) is 60.2 Å². The van der Waals surface area contributed by atoms with Gasteiger partial charge in [-0.15, -0.1) is 10.2 Å². The van der Waals surface area contributed by atoms with Crippen LogP contribution in [0.15, 0.2) is 69.1 Å². The van der Waals surface area contributed by atoms with Gasteiger partial charge in [0.05, 0.1) is 10.6 Å². The molecule has 0 saturated carbocycles. The molecule has 0 radical (unpaired) electrons. The molecule has 0 bridgehead atoms. The minimum Gasteiger partial charge on any atom is -0.411 e. The van der Waals surface area contributed by atoms with Gasteiger partial charge in [-0.1, -0.05) is 62.0 Å². The van der Waals surface area contributed by atoms with Crippen molar-refractivity contribution in [2.75, 3.05) is 18.8 Å². The standard InChI is InChI=1S/C24H30N4O4S2/c1-4-28(5-2)34(30,31)21-13-9-12-20(16-21)23-26-27-24(32-23)33-17-22(29)25-18(3)14-15-19-10-7-6-8-11-19/h6-13,16,18H,4-5,14-15,17H2,1-3H3,(H,25,29)/t18-/m0/s1. The Morgan fingerprint density at radius 3 is 2.53 bits per heavy atom. The highest BCUT2D eigenvalue weighted by molar-refractivity contribution is 7.99. The zero-order chi connectivity index (χ0) is 24.6. The molecule has 1 atom stereocenters. The lowest BCUT2D eigenvalue weighted by Crippen LogP contribution is -2.34. The molecule has 3 aromatic rings. The Kier molecular flexibility index (Phi) is 9.26. The summed E-state index contributed by atoms with van der Waals surface area (Å²) in [5.74, 6) is 0.238. The zero-order valence-corrected chi connectivity index (χ0v) is 21.2. The lowest BCUT2D eigenvalue weighted by molar-refractivity contribution is -0.119. The molecule has 0 unspecified atom stereocenters. The smallest absolute Gasteiger partial charge is 0.277 e. The Morgan fingerprint density at radius 1 is 1.09 bits per heavy atom. The van der Waals surface area contributed by atoms with Gasteiger partial charge in [0.1, 0.15) is 0 Å². The average molecular weight is 503 g/mol. The van der Waals surface area contributed by atoms with Crippen LogP contribution in [0, 0.1) is 0 Å². The van der Waals surface area contributed by atoms with Crippen LogP contribution < -0.4 is 5.32 Å². The molecule has 3 rings (SSSR count). The first-order valence-corrected chi connectivity index (χ1v) is 13.7. The van der Waals surface area contributed by atoms with E-state index < -0.39 is 10.0 Å². The van der Waals surface area contributed by atoms with Crippen LogP contribution in [0.5, 0.6) is 0 Å². The van der Waals surface area contributed by atoms with Crippen LogP contribution in [0.2, 0.25) is 0 Å². The molecule has 8 nitrogen and oxygen atoms in total. The van der Waals surface area contributed by atoms with Crippen LogP contribution in [0.25, 0.3) is 11.5 Å². The summed E-state index contributed by atoms with van der Waals surface area (Å²) < 4.78 is 32.6. The van der Waals surface area contributed by atoms with Crippen molar-refractivity contribution in [1.29, 1.82) is 0 Å². The fourth-order valence-electron chi connectivity index (χ4n) is 3.43. The first-order valence-electron chi connectivity index (χ1n) is 11.2. The topological polar surface area (TPSA) is 105 Å². The third-order valence-electron chi connectivity index (χ3n) is 5.27. The SMILES string of the molecule is CCN(CC)S(=O)(=O)c1cccc(-c2nnc(SCC(=O)N[C@@H](C)CCc3ccccc3)o2)c1. The first kappa shape index (κ1) is 25.9. The highest BCUT2D eigenvalue weighted by atomic mass is 32.2. The molecule has 0 saturated heterocycles. The van der Waals surface area contributed by atoms with Crippen molar-refractivity contribution >= 4 is 27.7 Å². The van der Waals surface area contributed by atoms with Crippen LogP contribution in [0.1, 0.15) is 32.8 Å². The Hall–Kier alpha value is -2.69. The molecule has 0 aliphatic carbocycles. The second-order valence-electron chi connectivity index (χ2n) is 7.77. The summed E-state index contributed by atoms with van der Waals surface area (Å²) in [6.07, 6.45) is 1.74. The van der Waals surface area contributed by atoms with Crippen molar-refractivity contribution in [2.24, 2.45) is 0 Å². The number of sulfonamides is 1. The van der Waals surface area contributed by atoms with Gasteiger partial charge in [-0.3, -0.25) is 4.79 Å². The number of nitrogens with zero attached hydrogens (tertiary/aromatic N) is 3. The second-order valence-corrected chi connectivity index (χ2v) is 10.6. The van der Waals surface area contributed by atoms with Crippen molar-refractivity contribution in [2.45, 2.75) is 49.8 Å². The highest BCUT2D eigenvalue weighted by Crippen LogP contribution is 2.26. The molecule has 0 fully saturated rings. The molecule has 1 N–H and O–H groups in total. The van der Waals surface area contributed by atoms with Gasteiger partial charge < -0.3 is 9.73 Å². The number of aryl methyl sites for hydroxylation is 1. The Balaban J connectivity index is 1.55. The summed E-state index contributed by atoms with van der Waals surface area (Å²) in [4.78, 5) is 12.5. The maximum Gasteiger partial charge on any atom is 0.277 e. The van der Waals surface area contributed by atoms with Crippen LogP contribution in [-0.2, 0) is 21.2 Å². The number of hydrogen-bond acceptors (Lipinski definition) is 7. The van der Waals surface area contributed by atoms with E-state index in [2.05, 4.69) is 27.6 Å². The van der Waals surface area contributed by atoms with E-state index in [1.807, 2.05) is 25.1 Å². The molecular formula is C24H30N4O4S2. The molecule has 0 aliphatic heterocycles. The maximum absolute atomic E-state index is 12.8. The molecule has 1 aromatic heterocycles. The van der Waals surface area contributed by atoms with E-state index in [4.69, 9.17) is 4.42 Å². The van der Waals surface area contributed by atoms with Gasteiger partial charge in [-0.2, -0.15) is 4.31 Å². The average Bonchev–Trinajstić information content (AvgIpc) is 3.32. The number of benzene rings is 2. The molecule has 0 aliphatic rings. The molecule has 1 amide bonds. The van der Waals surface area contributed by atoms with E-state index in [1.165, 1.54) is 15.9 Å². The van der Waals surface area contributed by atoms with E-state index in [0.29, 0.717) is 18.7 Å². The van der Waals surface area contributed by atoms with E-state index in [0.717, 1.165) is 24.6 Å². The quantitative estimate of drug-likeness (QED) is 0.373. The number of aromatic nitrogens is 2. The molecule has 10 heteroatoms. The summed E-state index contributed by atoms with van der Waals surface area (Å²) in [5.41, 5.74) is 1.75. The summed E-state index contributed by atoms with van der Waals surface area (Å²) >= 11 is 1.14. The Labute approximate surface area is 205 Å². The van der Waals surface area contributed by atoms with Gasteiger partial charge in [0.15, 0.2) is 0 Å². The molecule has 182 valence electrons. The van der Waals surface area contributed by atoms with Crippen molar-refractivity contribution in [3.8, 4) is 11.5 Å². The summed E-state index contributed by atoms with van der Waals surface area (Å²) in [5, 5.41) is 11.2. The van der Waals surface area contributed by atoms with Crippen molar-refractivity contribution in [3.63, 3.8) is 0 Å². The molecule has 0 spiro atoms. The molecule has 2 aromatic carbocycles. The molecular weight excluding hydrogens is 472 g/mol. The monoisotopic (exact) mass is 502 g/mol. The van der Waals surface area contributed by atoms with E-state index in [9.17, 15) is 13.2 Å². The first-order chi connectivity index (χ1) is 16.3. The summed E-state index contributed by atoms with van der Waals surface area (Å²) in [6.45, 7) is 6.35. The van der Waals surface area contributed by atoms with Crippen LogP contribution in [0.4, 0.5) is 0 Å². The van der Waals surface area contributed by atoms with E-state index in [1.54, 1.807) is 32.0 Å². The normalized spacial score (nSPS) is 12.6. The fourth-order valence-corrected chi connectivity index (χ4v) is 5.51. The van der Waals surface area contributed by atoms with Gasteiger partial charge in [0, 0.05) is 24.7 Å². The van der Waals surface area contributed by atoms with Crippen LogP contribution >= 0.6 is 11.8 Å². The Morgan fingerprint density at radius 2 is 1.82 bits per heavy atom. The number of rotatable bonds is 12. The van der Waals surface area contributed by atoms with Crippen molar-refractivity contribution in [1.82, 2.24) is 19.8 Å². The van der Waals surface area contributed by atoms with Crippen molar-refractivity contribution < 1.29 is 17.6 Å². The predicted octanol–water partition coefficient (Wildman–Crippen LogP) is 4.00. The number of hydrogen-bond donors (Lipinski definition) is 1. The third-order valence-corrected chi connectivity index (χ3v) is 8.14. The zero-order valence-electron chi connectivity index (χ0n) is 19.6. The van der Waals surface area contributed by atoms with Gasteiger partial charge >= 0.3 is 0 Å². The van der Waals surface area contributed by atoms with Gasteiger partial charge in [-0.05, 0) is 43.5 Å². The summed E-state index contributed by atoms with van der Waals surface area (Å²) in [6, 6.07) is 16.6. The highest BCUT2D eigenvalue weighted by Gasteiger charge is 2.22. The van der Waals surface area contributed by atoms with E-state index in [-0.39, 0.29) is 33.7 Å². The Bertz CT molecular complexity index is 1180. The minimum absolute atomic E-state index is 0.0436. The fraction of sp³-hybridized carbons (Fsp3) is 0.375. The number of nitrogens with one attached hydrogen (secondary N) is 1. The second kappa shape index (κ2) is 12.1. The van der Waals surface area contributed by atoms with Crippen LogP contribution in [0.3, 0.4) is 0 Å². The van der Waals surface area contributed by atoms with Gasteiger partial charge in [0.25, 0.3) is 5.22 Å². The third kappa shape index (κ3) is 6.91. The van der Waals surface area contributed by atoms with Gasteiger partial charge in [-0.25, -0.2) is 8.42 Å². The lowest BCUT2D eigenvalue weighted by atomic mass is 10.1. The van der Waals surface area contributed by atoms with Gasteiger partial charge in [0.2, 0.25) is 21.8 Å². The lowest BCUT2D eigenvalue weighted by Gasteiger charge is -2.18. The molecule has 1 heterocycles. The number of carbonyl (C=O) groups is 1. The maximum atomic E-state index is 12.8. The predicted molar refractivity (Wildman–Crippen MR) is 133 cm³/mol. The van der Waals surface area contributed by atoms with E-state index >= 15 is 0 Å².